The van der Waals surface area contributed by atoms with Crippen LogP contribution in [0.2, 0.25) is 0 Å². The molecule has 0 aliphatic carbocycles. The molecule has 0 spiro atoms. The lowest BCUT2D eigenvalue weighted by molar-refractivity contribution is 0.690. The second-order valence-electron chi connectivity index (χ2n) is 5.69. The summed E-state index contributed by atoms with van der Waals surface area (Å²) in [5.74, 6) is 0.519. The molecule has 0 aliphatic heterocycles. The molecular weight excluding hydrogens is 304 g/mol. The molecule has 0 aliphatic rings. The molecule has 3 aromatic heterocycles. The van der Waals surface area contributed by atoms with Gasteiger partial charge in [0, 0.05) is 26.0 Å². The van der Waals surface area contributed by atoms with Crippen molar-refractivity contribution in [2.24, 2.45) is 14.1 Å². The van der Waals surface area contributed by atoms with Gasteiger partial charge in [0.15, 0.2) is 0 Å². The Balaban J connectivity index is 1.90. The Morgan fingerprint density at radius 2 is 1.96 bits per heavy atom. The molecule has 2 N–H and O–H groups in total. The minimum absolute atomic E-state index is 0.242. The molecule has 1 aromatic carbocycles. The minimum atomic E-state index is -0.242. The SMILES string of the molecule is Cn1ccc([C@H](c2cnc3cc(N)ccc3n2)c2nncn2C)n1. The molecule has 8 nitrogen and oxygen atoms in total. The van der Waals surface area contributed by atoms with Crippen molar-refractivity contribution in [3.63, 3.8) is 0 Å². The van der Waals surface area contributed by atoms with E-state index in [-0.39, 0.29) is 5.92 Å². The molecule has 0 saturated carbocycles. The third-order valence-corrected chi connectivity index (χ3v) is 3.92. The second-order valence-corrected chi connectivity index (χ2v) is 5.69. The van der Waals surface area contributed by atoms with Crippen LogP contribution in [0.25, 0.3) is 11.0 Å². The summed E-state index contributed by atoms with van der Waals surface area (Å²) in [5, 5.41) is 12.8. The van der Waals surface area contributed by atoms with Gasteiger partial charge < -0.3 is 10.3 Å². The van der Waals surface area contributed by atoms with Crippen LogP contribution in [0.15, 0.2) is 43.0 Å². The number of hydrogen-bond donors (Lipinski definition) is 1. The van der Waals surface area contributed by atoms with Crippen LogP contribution in [0.5, 0.6) is 0 Å². The van der Waals surface area contributed by atoms with Crippen LogP contribution in [-0.2, 0) is 14.1 Å². The lowest BCUT2D eigenvalue weighted by atomic mass is 10.0. The molecule has 4 rings (SSSR count). The average Bonchev–Trinajstić information content (AvgIpc) is 3.17. The molecule has 0 fully saturated rings. The third kappa shape index (κ3) is 2.37. The van der Waals surface area contributed by atoms with Crippen LogP contribution in [0.4, 0.5) is 5.69 Å². The summed E-state index contributed by atoms with van der Waals surface area (Å²) >= 11 is 0. The van der Waals surface area contributed by atoms with E-state index in [1.807, 2.05) is 49.1 Å². The average molecular weight is 320 g/mol. The highest BCUT2D eigenvalue weighted by Crippen LogP contribution is 2.28. The number of nitrogens with zero attached hydrogens (tertiary/aromatic N) is 7. The smallest absolute Gasteiger partial charge is 0.147 e. The fourth-order valence-electron chi connectivity index (χ4n) is 2.74. The molecule has 120 valence electrons. The Morgan fingerprint density at radius 1 is 1.08 bits per heavy atom. The maximum Gasteiger partial charge on any atom is 0.147 e. The number of aromatic nitrogens is 7. The Morgan fingerprint density at radius 3 is 2.67 bits per heavy atom. The molecule has 0 amide bonds. The summed E-state index contributed by atoms with van der Waals surface area (Å²) in [5.41, 5.74) is 9.63. The molecule has 8 heteroatoms. The van der Waals surface area contributed by atoms with Crippen molar-refractivity contribution in [3.05, 3.63) is 60.2 Å². The Kier molecular flexibility index (Phi) is 3.23. The summed E-state index contributed by atoms with van der Waals surface area (Å²) in [6, 6.07) is 7.45. The zero-order valence-corrected chi connectivity index (χ0v) is 13.3. The van der Waals surface area contributed by atoms with Crippen molar-refractivity contribution in [2.75, 3.05) is 5.73 Å². The maximum atomic E-state index is 5.81. The van der Waals surface area contributed by atoms with Gasteiger partial charge in [0.1, 0.15) is 18.1 Å². The quantitative estimate of drug-likeness (QED) is 0.570. The van der Waals surface area contributed by atoms with Gasteiger partial charge in [0.2, 0.25) is 0 Å². The number of nitrogen functional groups attached to an aromatic ring is 1. The second kappa shape index (κ2) is 5.41. The van der Waals surface area contributed by atoms with Crippen LogP contribution in [-0.4, -0.2) is 34.5 Å². The maximum absolute atomic E-state index is 5.81. The number of nitrogens with two attached hydrogens (primary N) is 1. The van der Waals surface area contributed by atoms with Crippen molar-refractivity contribution in [1.82, 2.24) is 34.5 Å². The fourth-order valence-corrected chi connectivity index (χ4v) is 2.74. The van der Waals surface area contributed by atoms with Gasteiger partial charge in [0.25, 0.3) is 0 Å². The topological polar surface area (TPSA) is 100 Å². The first-order chi connectivity index (χ1) is 11.6. The summed E-state index contributed by atoms with van der Waals surface area (Å²) < 4.78 is 3.63. The molecule has 3 heterocycles. The van der Waals surface area contributed by atoms with E-state index in [0.29, 0.717) is 5.69 Å². The number of aryl methyl sites for hydroxylation is 2. The minimum Gasteiger partial charge on any atom is -0.399 e. The molecule has 0 saturated heterocycles. The summed E-state index contributed by atoms with van der Waals surface area (Å²) in [4.78, 5) is 9.25. The first-order valence-corrected chi connectivity index (χ1v) is 7.47. The number of anilines is 1. The van der Waals surface area contributed by atoms with Crippen molar-refractivity contribution >= 4 is 16.7 Å². The van der Waals surface area contributed by atoms with Gasteiger partial charge in [0.05, 0.1) is 28.6 Å². The van der Waals surface area contributed by atoms with Crippen molar-refractivity contribution in [1.29, 1.82) is 0 Å². The molecule has 0 unspecified atom stereocenters. The highest BCUT2D eigenvalue weighted by molar-refractivity contribution is 5.77. The van der Waals surface area contributed by atoms with Crippen LogP contribution in [0.3, 0.4) is 0 Å². The van der Waals surface area contributed by atoms with Crippen molar-refractivity contribution in [2.45, 2.75) is 5.92 Å². The first-order valence-electron chi connectivity index (χ1n) is 7.47. The molecule has 4 aromatic rings. The van der Waals surface area contributed by atoms with E-state index in [2.05, 4.69) is 20.3 Å². The lowest BCUT2D eigenvalue weighted by Gasteiger charge is -2.14. The number of benzene rings is 1. The summed E-state index contributed by atoms with van der Waals surface area (Å²) in [6.45, 7) is 0. The molecule has 24 heavy (non-hydrogen) atoms. The highest BCUT2D eigenvalue weighted by atomic mass is 15.3. The third-order valence-electron chi connectivity index (χ3n) is 3.92. The van der Waals surface area contributed by atoms with Crippen molar-refractivity contribution in [3.8, 4) is 0 Å². The molecular formula is C16H16N8. The fraction of sp³-hybridized carbons (Fsp3) is 0.188. The zero-order chi connectivity index (χ0) is 16.7. The largest absolute Gasteiger partial charge is 0.399 e. The lowest BCUT2D eigenvalue weighted by Crippen LogP contribution is -2.12. The highest BCUT2D eigenvalue weighted by Gasteiger charge is 2.25. The van der Waals surface area contributed by atoms with Gasteiger partial charge in [-0.25, -0.2) is 4.98 Å². The van der Waals surface area contributed by atoms with E-state index in [4.69, 9.17) is 10.7 Å². The Labute approximate surface area is 138 Å². The Bertz CT molecular complexity index is 1020. The van der Waals surface area contributed by atoms with Gasteiger partial charge in [-0.15, -0.1) is 10.2 Å². The van der Waals surface area contributed by atoms with Gasteiger partial charge in [-0.05, 0) is 24.3 Å². The van der Waals surface area contributed by atoms with Crippen LogP contribution >= 0.6 is 0 Å². The van der Waals surface area contributed by atoms with Crippen LogP contribution in [0.1, 0.15) is 23.1 Å². The van der Waals surface area contributed by atoms with E-state index in [1.54, 1.807) is 17.2 Å². The summed E-state index contributed by atoms with van der Waals surface area (Å²) in [7, 11) is 3.78. The predicted molar refractivity (Wildman–Crippen MR) is 89.1 cm³/mol. The first kappa shape index (κ1) is 14.3. The van der Waals surface area contributed by atoms with Crippen molar-refractivity contribution < 1.29 is 0 Å². The molecule has 0 radical (unpaired) electrons. The zero-order valence-electron chi connectivity index (χ0n) is 13.3. The van der Waals surface area contributed by atoms with E-state index in [1.165, 1.54) is 0 Å². The van der Waals surface area contributed by atoms with E-state index in [9.17, 15) is 0 Å². The Hall–Kier alpha value is -3.29. The number of hydrogen-bond acceptors (Lipinski definition) is 6. The van der Waals surface area contributed by atoms with Gasteiger partial charge in [-0.1, -0.05) is 0 Å². The van der Waals surface area contributed by atoms with Crippen LogP contribution in [0, 0.1) is 0 Å². The van der Waals surface area contributed by atoms with Gasteiger partial charge in [-0.3, -0.25) is 9.67 Å². The standard InChI is InChI=1S/C16H16N8/c1-23-9-19-21-16(23)15(12-5-6-24(2)22-12)14-8-18-13-7-10(17)3-4-11(13)20-14/h3-9,15H,17H2,1-2H3/t15-/m1/s1. The number of fused-ring (bicyclic) bond motifs is 1. The van der Waals surface area contributed by atoms with E-state index < -0.39 is 0 Å². The van der Waals surface area contributed by atoms with Crippen LogP contribution < -0.4 is 5.73 Å². The predicted octanol–water partition coefficient (Wildman–Crippen LogP) is 1.25. The number of rotatable bonds is 3. The van der Waals surface area contributed by atoms with Gasteiger partial charge in [-0.2, -0.15) is 5.10 Å². The van der Waals surface area contributed by atoms with E-state index >= 15 is 0 Å². The molecule has 0 bridgehead atoms. The normalized spacial score (nSPS) is 12.6. The monoisotopic (exact) mass is 320 g/mol. The summed E-state index contributed by atoms with van der Waals surface area (Å²) in [6.07, 6.45) is 5.31. The van der Waals surface area contributed by atoms with Gasteiger partial charge >= 0.3 is 0 Å². The molecule has 1 atom stereocenters. The van der Waals surface area contributed by atoms with E-state index in [0.717, 1.165) is 28.2 Å².